The molecule has 0 radical (unpaired) electrons. The van der Waals surface area contributed by atoms with Crippen LogP contribution < -0.4 is 5.32 Å². The van der Waals surface area contributed by atoms with E-state index in [1.807, 2.05) is 6.92 Å². The second-order valence-electron chi connectivity index (χ2n) is 3.67. The van der Waals surface area contributed by atoms with Crippen LogP contribution in [0.1, 0.15) is 24.9 Å². The van der Waals surface area contributed by atoms with Crippen molar-refractivity contribution in [1.29, 1.82) is 0 Å². The molecular weight excluding hydrogens is 245 g/mol. The number of nitrogens with one attached hydrogen (secondary N) is 1. The molecule has 0 saturated heterocycles. The van der Waals surface area contributed by atoms with Gasteiger partial charge in [-0.15, -0.1) is 0 Å². The number of hydrogen-bond donors (Lipinski definition) is 1. The largest absolute Gasteiger partial charge is 0.469 e. The van der Waals surface area contributed by atoms with Gasteiger partial charge >= 0.3 is 5.97 Å². The zero-order chi connectivity index (χ0) is 12.8. The topological polar surface area (TPSA) is 38.3 Å². The Morgan fingerprint density at radius 1 is 1.59 bits per heavy atom. The van der Waals surface area contributed by atoms with Gasteiger partial charge < -0.3 is 10.1 Å². The number of benzene rings is 1. The van der Waals surface area contributed by atoms with Crippen molar-refractivity contribution in [3.05, 3.63) is 34.6 Å². The van der Waals surface area contributed by atoms with E-state index in [2.05, 4.69) is 10.1 Å². The molecule has 1 atom stereocenters. The average molecular weight is 260 g/mol. The molecule has 3 nitrogen and oxygen atoms in total. The van der Waals surface area contributed by atoms with Crippen molar-refractivity contribution in [3.63, 3.8) is 0 Å². The van der Waals surface area contributed by atoms with Crippen LogP contribution in [-0.4, -0.2) is 19.6 Å². The van der Waals surface area contributed by atoms with Crippen LogP contribution in [0.3, 0.4) is 0 Å². The minimum Gasteiger partial charge on any atom is -0.469 e. The Bertz CT molecular complexity index is 398. The molecule has 17 heavy (non-hydrogen) atoms. The van der Waals surface area contributed by atoms with Gasteiger partial charge in [-0.1, -0.05) is 17.7 Å². The monoisotopic (exact) mass is 259 g/mol. The lowest BCUT2D eigenvalue weighted by atomic mass is 10.1. The first-order chi connectivity index (χ1) is 8.04. The highest BCUT2D eigenvalue weighted by Gasteiger charge is 2.10. The van der Waals surface area contributed by atoms with Crippen LogP contribution in [0.15, 0.2) is 18.2 Å². The third-order valence-corrected chi connectivity index (χ3v) is 2.76. The van der Waals surface area contributed by atoms with Gasteiger partial charge in [0.2, 0.25) is 0 Å². The highest BCUT2D eigenvalue weighted by Crippen LogP contribution is 2.23. The lowest BCUT2D eigenvalue weighted by molar-refractivity contribution is -0.140. The molecule has 1 N–H and O–H groups in total. The predicted molar refractivity (Wildman–Crippen MR) is 64.5 cm³/mol. The fraction of sp³-hybridized carbons (Fsp3) is 0.417. The highest BCUT2D eigenvalue weighted by atomic mass is 35.5. The lowest BCUT2D eigenvalue weighted by Gasteiger charge is -2.15. The zero-order valence-corrected chi connectivity index (χ0v) is 10.6. The number of carbonyl (C=O) groups excluding carboxylic acids is 1. The molecule has 1 unspecified atom stereocenters. The molecule has 94 valence electrons. The Hall–Kier alpha value is -1.13. The van der Waals surface area contributed by atoms with E-state index >= 15 is 0 Å². The van der Waals surface area contributed by atoms with E-state index in [9.17, 15) is 9.18 Å². The molecule has 0 aliphatic carbocycles. The van der Waals surface area contributed by atoms with E-state index in [-0.39, 0.29) is 17.8 Å². The van der Waals surface area contributed by atoms with E-state index in [0.29, 0.717) is 18.0 Å². The van der Waals surface area contributed by atoms with Gasteiger partial charge in [0.05, 0.1) is 13.5 Å². The van der Waals surface area contributed by atoms with Crippen LogP contribution in [0.4, 0.5) is 4.39 Å². The second kappa shape index (κ2) is 6.57. The van der Waals surface area contributed by atoms with Crippen molar-refractivity contribution in [2.45, 2.75) is 19.4 Å². The summed E-state index contributed by atoms with van der Waals surface area (Å²) in [5.41, 5.74) is 0.804. The maximum Gasteiger partial charge on any atom is 0.306 e. The number of methoxy groups -OCH3 is 1. The molecule has 0 fully saturated rings. The van der Waals surface area contributed by atoms with Gasteiger partial charge in [-0.05, 0) is 24.6 Å². The first kappa shape index (κ1) is 13.9. The third kappa shape index (κ3) is 4.32. The first-order valence-electron chi connectivity index (χ1n) is 5.29. The number of esters is 1. The smallest absolute Gasteiger partial charge is 0.306 e. The maximum absolute atomic E-state index is 12.8. The quantitative estimate of drug-likeness (QED) is 0.827. The van der Waals surface area contributed by atoms with Crippen LogP contribution in [-0.2, 0) is 9.53 Å². The van der Waals surface area contributed by atoms with Crippen molar-refractivity contribution < 1.29 is 13.9 Å². The first-order valence-corrected chi connectivity index (χ1v) is 5.67. The molecule has 0 aromatic heterocycles. The molecule has 0 heterocycles. The van der Waals surface area contributed by atoms with Crippen LogP contribution in [0.5, 0.6) is 0 Å². The Morgan fingerprint density at radius 3 is 2.88 bits per heavy atom. The van der Waals surface area contributed by atoms with E-state index in [1.54, 1.807) is 6.07 Å². The minimum atomic E-state index is -0.361. The van der Waals surface area contributed by atoms with E-state index in [0.717, 1.165) is 5.56 Å². The summed E-state index contributed by atoms with van der Waals surface area (Å²) >= 11 is 5.92. The lowest BCUT2D eigenvalue weighted by Crippen LogP contribution is -2.22. The summed E-state index contributed by atoms with van der Waals surface area (Å²) in [4.78, 5) is 10.9. The third-order valence-electron chi connectivity index (χ3n) is 2.44. The van der Waals surface area contributed by atoms with Crippen LogP contribution >= 0.6 is 11.6 Å². The molecule has 0 bridgehead atoms. The fourth-order valence-corrected chi connectivity index (χ4v) is 1.79. The highest BCUT2D eigenvalue weighted by molar-refractivity contribution is 6.31. The molecule has 5 heteroatoms. The fourth-order valence-electron chi connectivity index (χ4n) is 1.46. The summed E-state index contributed by atoms with van der Waals surface area (Å²) < 4.78 is 17.4. The van der Waals surface area contributed by atoms with Crippen molar-refractivity contribution in [1.82, 2.24) is 5.32 Å². The Kier molecular flexibility index (Phi) is 5.38. The van der Waals surface area contributed by atoms with Gasteiger partial charge in [0, 0.05) is 17.6 Å². The summed E-state index contributed by atoms with van der Waals surface area (Å²) in [6, 6.07) is 4.22. The molecule has 0 spiro atoms. The second-order valence-corrected chi connectivity index (χ2v) is 4.07. The Labute approximate surface area is 105 Å². The van der Waals surface area contributed by atoms with Crippen molar-refractivity contribution in [2.75, 3.05) is 13.7 Å². The van der Waals surface area contributed by atoms with Crippen molar-refractivity contribution in [2.24, 2.45) is 0 Å². The summed E-state index contributed by atoms with van der Waals surface area (Å²) in [6.45, 7) is 2.39. The minimum absolute atomic E-state index is 0.0484. The van der Waals surface area contributed by atoms with E-state index < -0.39 is 0 Å². The predicted octanol–water partition coefficient (Wildman–Crippen LogP) is 2.69. The van der Waals surface area contributed by atoms with E-state index in [4.69, 9.17) is 11.6 Å². The number of halogens is 2. The average Bonchev–Trinajstić information content (AvgIpc) is 2.28. The van der Waals surface area contributed by atoms with Crippen molar-refractivity contribution in [3.8, 4) is 0 Å². The van der Waals surface area contributed by atoms with Crippen LogP contribution in [0.2, 0.25) is 5.02 Å². The maximum atomic E-state index is 12.8. The molecular formula is C12H15ClFNO2. The number of ether oxygens (including phenoxy) is 1. The standard InChI is InChI=1S/C12H15ClFNO2/c1-8(15-6-5-12(16)17-2)10-4-3-9(14)7-11(10)13/h3-4,7-8,15H,5-6H2,1-2H3. The molecule has 0 saturated carbocycles. The SMILES string of the molecule is COC(=O)CCNC(C)c1ccc(F)cc1Cl. The van der Waals surface area contributed by atoms with Gasteiger partial charge in [-0.3, -0.25) is 4.79 Å². The number of hydrogen-bond acceptors (Lipinski definition) is 3. The summed E-state index contributed by atoms with van der Waals surface area (Å²) in [5.74, 6) is -0.629. The van der Waals surface area contributed by atoms with Gasteiger partial charge in [0.25, 0.3) is 0 Å². The zero-order valence-electron chi connectivity index (χ0n) is 9.80. The van der Waals surface area contributed by atoms with Gasteiger partial charge in [-0.25, -0.2) is 4.39 Å². The van der Waals surface area contributed by atoms with Gasteiger partial charge in [0.1, 0.15) is 5.82 Å². The van der Waals surface area contributed by atoms with Crippen LogP contribution in [0, 0.1) is 5.82 Å². The molecule has 0 aliphatic rings. The molecule has 0 amide bonds. The molecule has 1 aromatic rings. The van der Waals surface area contributed by atoms with Crippen LogP contribution in [0.25, 0.3) is 0 Å². The summed E-state index contributed by atoms with van der Waals surface area (Å²) in [7, 11) is 1.35. The number of rotatable bonds is 5. The van der Waals surface area contributed by atoms with Crippen molar-refractivity contribution >= 4 is 17.6 Å². The Morgan fingerprint density at radius 2 is 2.29 bits per heavy atom. The number of carbonyl (C=O) groups is 1. The molecule has 1 aromatic carbocycles. The molecule has 0 aliphatic heterocycles. The van der Waals surface area contributed by atoms with Gasteiger partial charge in [-0.2, -0.15) is 0 Å². The summed E-state index contributed by atoms with van der Waals surface area (Å²) in [6.07, 6.45) is 0.291. The van der Waals surface area contributed by atoms with Gasteiger partial charge in [0.15, 0.2) is 0 Å². The normalized spacial score (nSPS) is 12.2. The van der Waals surface area contributed by atoms with E-state index in [1.165, 1.54) is 19.2 Å². The summed E-state index contributed by atoms with van der Waals surface area (Å²) in [5, 5.41) is 3.49. The Balaban J connectivity index is 2.52. The molecule has 1 rings (SSSR count).